The Labute approximate surface area is 171 Å². The van der Waals surface area contributed by atoms with Crippen molar-refractivity contribution in [3.8, 4) is 11.3 Å². The molecule has 2 aromatic carbocycles. The van der Waals surface area contributed by atoms with Gasteiger partial charge in [0.15, 0.2) is 0 Å². The zero-order valence-electron chi connectivity index (χ0n) is 16.7. The van der Waals surface area contributed by atoms with Crippen LogP contribution in [0.25, 0.3) is 11.3 Å². The van der Waals surface area contributed by atoms with Crippen LogP contribution in [0, 0.1) is 5.92 Å². The summed E-state index contributed by atoms with van der Waals surface area (Å²) in [6.45, 7) is 3.68. The number of benzene rings is 2. The molecule has 1 aliphatic rings. The fourth-order valence-electron chi connectivity index (χ4n) is 3.81. The maximum Gasteiger partial charge on any atom is 0.223 e. The predicted molar refractivity (Wildman–Crippen MR) is 115 cm³/mol. The molecule has 0 radical (unpaired) electrons. The van der Waals surface area contributed by atoms with Crippen LogP contribution in [0.3, 0.4) is 0 Å². The number of amides is 1. The van der Waals surface area contributed by atoms with Gasteiger partial charge in [0, 0.05) is 30.6 Å². The van der Waals surface area contributed by atoms with Gasteiger partial charge in [-0.3, -0.25) is 4.79 Å². The van der Waals surface area contributed by atoms with Crippen molar-refractivity contribution < 1.29 is 4.79 Å². The summed E-state index contributed by atoms with van der Waals surface area (Å²) in [6, 6.07) is 22.3. The largest absolute Gasteiger partial charge is 0.356 e. The highest BCUT2D eigenvalue weighted by Crippen LogP contribution is 2.25. The third-order valence-electron chi connectivity index (χ3n) is 5.57. The van der Waals surface area contributed by atoms with Crippen molar-refractivity contribution in [3.05, 3.63) is 78.6 Å². The standard InChI is InChI=1S/C24H26N4O/c1-18(19-8-4-2-5-9-19)27-24(29)21-12-14-28(15-13-21)23-16-22(25-17-26-23)20-10-6-3-7-11-20/h2-11,16-18,21H,12-15H2,1H3,(H,27,29). The van der Waals surface area contributed by atoms with E-state index in [4.69, 9.17) is 0 Å². The lowest BCUT2D eigenvalue weighted by Crippen LogP contribution is -2.41. The monoisotopic (exact) mass is 386 g/mol. The Hall–Kier alpha value is -3.21. The number of carbonyl (C=O) groups excluding carboxylic acids is 1. The van der Waals surface area contributed by atoms with Gasteiger partial charge in [0.2, 0.25) is 5.91 Å². The molecule has 1 aliphatic heterocycles. The van der Waals surface area contributed by atoms with Crippen LogP contribution >= 0.6 is 0 Å². The fraction of sp³-hybridized carbons (Fsp3) is 0.292. The van der Waals surface area contributed by atoms with E-state index in [2.05, 4.69) is 32.3 Å². The highest BCUT2D eigenvalue weighted by molar-refractivity contribution is 5.79. The van der Waals surface area contributed by atoms with Crippen LogP contribution in [-0.2, 0) is 4.79 Å². The topological polar surface area (TPSA) is 58.1 Å². The highest BCUT2D eigenvalue weighted by atomic mass is 16.1. The molecule has 5 heteroatoms. The fourth-order valence-corrected chi connectivity index (χ4v) is 3.81. The van der Waals surface area contributed by atoms with Gasteiger partial charge in [0.25, 0.3) is 0 Å². The van der Waals surface area contributed by atoms with Gasteiger partial charge in [-0.25, -0.2) is 9.97 Å². The quantitative estimate of drug-likeness (QED) is 0.713. The lowest BCUT2D eigenvalue weighted by Gasteiger charge is -2.32. The van der Waals surface area contributed by atoms with E-state index in [1.807, 2.05) is 61.5 Å². The normalized spacial score (nSPS) is 15.7. The summed E-state index contributed by atoms with van der Waals surface area (Å²) in [5.41, 5.74) is 3.14. The van der Waals surface area contributed by atoms with Crippen LogP contribution in [0.1, 0.15) is 31.4 Å². The van der Waals surface area contributed by atoms with Crippen LogP contribution in [0.15, 0.2) is 73.1 Å². The summed E-state index contributed by atoms with van der Waals surface area (Å²) in [7, 11) is 0. The number of hydrogen-bond donors (Lipinski definition) is 1. The number of aromatic nitrogens is 2. The number of hydrogen-bond acceptors (Lipinski definition) is 4. The van der Waals surface area contributed by atoms with Gasteiger partial charge in [-0.15, -0.1) is 0 Å². The van der Waals surface area contributed by atoms with Gasteiger partial charge in [-0.05, 0) is 25.3 Å². The molecule has 3 aromatic rings. The first-order valence-electron chi connectivity index (χ1n) is 10.2. The molecule has 1 N–H and O–H groups in total. The number of nitrogens with zero attached hydrogens (tertiary/aromatic N) is 3. The average molecular weight is 386 g/mol. The molecule has 1 unspecified atom stereocenters. The Morgan fingerprint density at radius 2 is 1.66 bits per heavy atom. The van der Waals surface area contributed by atoms with Gasteiger partial charge in [-0.1, -0.05) is 60.7 Å². The Bertz CT molecular complexity index is 937. The van der Waals surface area contributed by atoms with Crippen LogP contribution in [0.2, 0.25) is 0 Å². The van der Waals surface area contributed by atoms with E-state index in [1.165, 1.54) is 0 Å². The molecule has 5 nitrogen and oxygen atoms in total. The summed E-state index contributed by atoms with van der Waals surface area (Å²) in [5.74, 6) is 1.12. The molecular formula is C24H26N4O. The molecule has 2 heterocycles. The molecule has 4 rings (SSSR count). The van der Waals surface area contributed by atoms with Gasteiger partial charge < -0.3 is 10.2 Å². The van der Waals surface area contributed by atoms with E-state index < -0.39 is 0 Å². The average Bonchev–Trinajstić information content (AvgIpc) is 2.80. The summed E-state index contributed by atoms with van der Waals surface area (Å²) in [6.07, 6.45) is 3.29. The van der Waals surface area contributed by atoms with E-state index in [-0.39, 0.29) is 17.9 Å². The maximum absolute atomic E-state index is 12.7. The van der Waals surface area contributed by atoms with Crippen LogP contribution in [0.4, 0.5) is 5.82 Å². The predicted octanol–water partition coefficient (Wildman–Crippen LogP) is 4.24. The smallest absolute Gasteiger partial charge is 0.223 e. The number of nitrogens with one attached hydrogen (secondary N) is 1. The van der Waals surface area contributed by atoms with E-state index in [9.17, 15) is 4.79 Å². The number of anilines is 1. The van der Waals surface area contributed by atoms with Gasteiger partial charge in [-0.2, -0.15) is 0 Å². The summed E-state index contributed by atoms with van der Waals surface area (Å²) < 4.78 is 0. The molecule has 1 atom stereocenters. The van der Waals surface area contributed by atoms with Crippen molar-refractivity contribution in [2.75, 3.05) is 18.0 Å². The molecule has 1 fully saturated rings. The highest BCUT2D eigenvalue weighted by Gasteiger charge is 2.26. The molecule has 0 bridgehead atoms. The molecular weight excluding hydrogens is 360 g/mol. The minimum atomic E-state index is 0.0250. The Morgan fingerprint density at radius 3 is 2.34 bits per heavy atom. The Balaban J connectivity index is 1.35. The second-order valence-electron chi connectivity index (χ2n) is 7.53. The van der Waals surface area contributed by atoms with Crippen molar-refractivity contribution in [2.24, 2.45) is 5.92 Å². The first-order valence-corrected chi connectivity index (χ1v) is 10.2. The SMILES string of the molecule is CC(NC(=O)C1CCN(c2cc(-c3ccccc3)ncn2)CC1)c1ccccc1. The van der Waals surface area contributed by atoms with Crippen LogP contribution in [-0.4, -0.2) is 29.0 Å². The van der Waals surface area contributed by atoms with Crippen LogP contribution in [0.5, 0.6) is 0 Å². The number of piperidine rings is 1. The van der Waals surface area contributed by atoms with Gasteiger partial charge >= 0.3 is 0 Å². The molecule has 0 saturated carbocycles. The second kappa shape index (κ2) is 8.86. The second-order valence-corrected chi connectivity index (χ2v) is 7.53. The first kappa shape index (κ1) is 19.1. The van der Waals surface area contributed by atoms with Crippen molar-refractivity contribution in [2.45, 2.75) is 25.8 Å². The van der Waals surface area contributed by atoms with Crippen LogP contribution < -0.4 is 10.2 Å². The third kappa shape index (κ3) is 4.62. The first-order chi connectivity index (χ1) is 14.2. The summed E-state index contributed by atoms with van der Waals surface area (Å²) >= 11 is 0. The lowest BCUT2D eigenvalue weighted by molar-refractivity contribution is -0.126. The van der Waals surface area contributed by atoms with E-state index in [0.29, 0.717) is 0 Å². The Morgan fingerprint density at radius 1 is 1.00 bits per heavy atom. The summed E-state index contributed by atoms with van der Waals surface area (Å²) in [4.78, 5) is 23.8. The molecule has 1 amide bonds. The number of rotatable bonds is 5. The van der Waals surface area contributed by atoms with Gasteiger partial charge in [0.05, 0.1) is 11.7 Å². The minimum absolute atomic E-state index is 0.0250. The molecule has 0 aliphatic carbocycles. The van der Waals surface area contributed by atoms with E-state index in [0.717, 1.165) is 48.6 Å². The third-order valence-corrected chi connectivity index (χ3v) is 5.57. The van der Waals surface area contributed by atoms with Crippen molar-refractivity contribution >= 4 is 11.7 Å². The van der Waals surface area contributed by atoms with E-state index >= 15 is 0 Å². The molecule has 29 heavy (non-hydrogen) atoms. The summed E-state index contributed by atoms with van der Waals surface area (Å²) in [5, 5.41) is 3.17. The molecule has 1 saturated heterocycles. The zero-order chi connectivity index (χ0) is 20.1. The van der Waals surface area contributed by atoms with Gasteiger partial charge in [0.1, 0.15) is 12.1 Å². The number of carbonyl (C=O) groups is 1. The van der Waals surface area contributed by atoms with E-state index in [1.54, 1.807) is 6.33 Å². The lowest BCUT2D eigenvalue weighted by atomic mass is 9.95. The maximum atomic E-state index is 12.7. The van der Waals surface area contributed by atoms with Crippen molar-refractivity contribution in [1.82, 2.24) is 15.3 Å². The Kier molecular flexibility index (Phi) is 5.84. The minimum Gasteiger partial charge on any atom is -0.356 e. The van der Waals surface area contributed by atoms with Crippen molar-refractivity contribution in [3.63, 3.8) is 0 Å². The molecule has 148 valence electrons. The van der Waals surface area contributed by atoms with Crippen molar-refractivity contribution in [1.29, 1.82) is 0 Å². The zero-order valence-corrected chi connectivity index (χ0v) is 16.7. The molecule has 1 aromatic heterocycles. The molecule has 0 spiro atoms.